The molecule has 1 fully saturated rings. The molecular weight excluding hydrogens is 267 g/mol. The van der Waals surface area contributed by atoms with Gasteiger partial charge in [0.2, 0.25) is 0 Å². The Bertz CT molecular complexity index is 410. The van der Waals surface area contributed by atoms with Gasteiger partial charge in [0, 0.05) is 30.2 Å². The third kappa shape index (κ3) is 3.45. The summed E-state index contributed by atoms with van der Waals surface area (Å²) < 4.78 is 19.0. The van der Waals surface area contributed by atoms with Gasteiger partial charge in [-0.05, 0) is 30.2 Å². The number of morpholine rings is 1. The molecule has 0 radical (unpaired) electrons. The van der Waals surface area contributed by atoms with Gasteiger partial charge in [0.1, 0.15) is 5.82 Å². The summed E-state index contributed by atoms with van der Waals surface area (Å²) in [6, 6.07) is 4.94. The van der Waals surface area contributed by atoms with Crippen LogP contribution in [0.4, 0.5) is 4.39 Å². The van der Waals surface area contributed by atoms with Gasteiger partial charge in [0.05, 0.1) is 13.2 Å². The van der Waals surface area contributed by atoms with Crippen LogP contribution >= 0.6 is 11.6 Å². The molecule has 0 bridgehead atoms. The largest absolute Gasteiger partial charge is 0.378 e. The number of hydrogen-bond donors (Lipinski definition) is 1. The predicted octanol–water partition coefficient (Wildman–Crippen LogP) is 2.59. The number of nitrogens with zero attached hydrogens (tertiary/aromatic N) is 1. The van der Waals surface area contributed by atoms with E-state index >= 15 is 0 Å². The van der Waals surface area contributed by atoms with E-state index in [0.717, 1.165) is 18.5 Å². The summed E-state index contributed by atoms with van der Waals surface area (Å²) in [4.78, 5) is 2.30. The van der Waals surface area contributed by atoms with Crippen LogP contribution in [0, 0.1) is 5.82 Å². The van der Waals surface area contributed by atoms with Crippen molar-refractivity contribution in [3.63, 3.8) is 0 Å². The molecule has 1 saturated heterocycles. The average molecular weight is 287 g/mol. The fraction of sp³-hybridized carbons (Fsp3) is 0.571. The Morgan fingerprint density at radius 3 is 2.95 bits per heavy atom. The first-order valence-corrected chi connectivity index (χ1v) is 7.03. The Hall–Kier alpha value is -0.680. The predicted molar refractivity (Wildman–Crippen MR) is 74.8 cm³/mol. The highest BCUT2D eigenvalue weighted by molar-refractivity contribution is 6.30. The lowest BCUT2D eigenvalue weighted by Gasteiger charge is -2.40. The van der Waals surface area contributed by atoms with Crippen molar-refractivity contribution in [2.24, 2.45) is 5.73 Å². The van der Waals surface area contributed by atoms with E-state index in [4.69, 9.17) is 22.1 Å². The minimum absolute atomic E-state index is 0.0120. The minimum Gasteiger partial charge on any atom is -0.378 e. The summed E-state index contributed by atoms with van der Waals surface area (Å²) in [6.45, 7) is 4.77. The van der Waals surface area contributed by atoms with Gasteiger partial charge in [-0.2, -0.15) is 0 Å². The number of ether oxygens (including phenoxy) is 1. The van der Waals surface area contributed by atoms with Gasteiger partial charge < -0.3 is 10.5 Å². The van der Waals surface area contributed by atoms with Crippen LogP contribution in [0.1, 0.15) is 24.9 Å². The molecular formula is C14H20ClFN2O. The maximum absolute atomic E-state index is 13.5. The van der Waals surface area contributed by atoms with Crippen LogP contribution in [0.15, 0.2) is 18.2 Å². The number of hydrogen-bond acceptors (Lipinski definition) is 3. The highest BCUT2D eigenvalue weighted by Crippen LogP contribution is 2.27. The Morgan fingerprint density at radius 2 is 2.32 bits per heavy atom. The quantitative estimate of drug-likeness (QED) is 0.925. The molecule has 2 atom stereocenters. The summed E-state index contributed by atoms with van der Waals surface area (Å²) in [6.07, 6.45) is 0.986. The average Bonchev–Trinajstić information content (AvgIpc) is 2.39. The smallest absolute Gasteiger partial charge is 0.125 e. The van der Waals surface area contributed by atoms with Crippen LogP contribution < -0.4 is 5.73 Å². The first-order valence-electron chi connectivity index (χ1n) is 6.65. The molecule has 0 spiro atoms. The second-order valence-electron chi connectivity index (χ2n) is 4.83. The number of halogens is 2. The first-order chi connectivity index (χ1) is 9.15. The van der Waals surface area contributed by atoms with Crippen LogP contribution in [-0.2, 0) is 4.74 Å². The van der Waals surface area contributed by atoms with Gasteiger partial charge in [-0.25, -0.2) is 4.39 Å². The molecule has 0 aliphatic carbocycles. The third-order valence-corrected chi connectivity index (χ3v) is 3.86. The molecule has 1 aromatic rings. The standard InChI is InChI=1S/C14H20ClFN2O/c1-2-13-9-19-4-3-18(13)14(8-17)10-5-11(15)7-12(16)6-10/h5-7,13-14H,2-4,8-9,17H2,1H3. The molecule has 19 heavy (non-hydrogen) atoms. The van der Waals surface area contributed by atoms with Gasteiger partial charge in [0.15, 0.2) is 0 Å². The summed E-state index contributed by atoms with van der Waals surface area (Å²) >= 11 is 5.94. The highest BCUT2D eigenvalue weighted by atomic mass is 35.5. The second-order valence-corrected chi connectivity index (χ2v) is 5.27. The molecule has 1 aliphatic heterocycles. The molecule has 2 rings (SSSR count). The summed E-state index contributed by atoms with van der Waals surface area (Å²) in [5, 5.41) is 0.412. The zero-order valence-corrected chi connectivity index (χ0v) is 11.9. The molecule has 5 heteroatoms. The van der Waals surface area contributed by atoms with E-state index in [2.05, 4.69) is 11.8 Å². The summed E-state index contributed by atoms with van der Waals surface area (Å²) in [5.74, 6) is -0.317. The van der Waals surface area contributed by atoms with Crippen molar-refractivity contribution in [1.29, 1.82) is 0 Å². The lowest BCUT2D eigenvalue weighted by atomic mass is 10.0. The third-order valence-electron chi connectivity index (χ3n) is 3.64. The van der Waals surface area contributed by atoms with Crippen molar-refractivity contribution in [2.75, 3.05) is 26.3 Å². The van der Waals surface area contributed by atoms with Gasteiger partial charge in [0.25, 0.3) is 0 Å². The molecule has 1 aromatic carbocycles. The zero-order chi connectivity index (χ0) is 13.8. The van der Waals surface area contributed by atoms with E-state index in [9.17, 15) is 4.39 Å². The Labute approximate surface area is 118 Å². The van der Waals surface area contributed by atoms with Crippen LogP contribution in [0.5, 0.6) is 0 Å². The zero-order valence-electron chi connectivity index (χ0n) is 11.1. The topological polar surface area (TPSA) is 38.5 Å². The van der Waals surface area contributed by atoms with Crippen molar-refractivity contribution in [2.45, 2.75) is 25.4 Å². The molecule has 1 heterocycles. The van der Waals surface area contributed by atoms with Gasteiger partial charge in [-0.3, -0.25) is 4.90 Å². The number of benzene rings is 1. The molecule has 0 amide bonds. The Kier molecular flexibility index (Phi) is 5.16. The molecule has 2 unspecified atom stereocenters. The van der Waals surface area contributed by atoms with Crippen molar-refractivity contribution in [3.05, 3.63) is 34.6 Å². The maximum atomic E-state index is 13.5. The molecule has 1 aliphatic rings. The van der Waals surface area contributed by atoms with Crippen molar-refractivity contribution < 1.29 is 9.13 Å². The molecule has 2 N–H and O–H groups in total. The van der Waals surface area contributed by atoms with E-state index in [1.165, 1.54) is 12.1 Å². The lowest BCUT2D eigenvalue weighted by molar-refractivity contribution is -0.0291. The SMILES string of the molecule is CCC1COCCN1C(CN)c1cc(F)cc(Cl)c1. The van der Waals surface area contributed by atoms with E-state index in [1.807, 2.05) is 0 Å². The maximum Gasteiger partial charge on any atom is 0.125 e. The molecule has 3 nitrogen and oxygen atoms in total. The number of nitrogens with two attached hydrogens (primary N) is 1. The fourth-order valence-electron chi connectivity index (χ4n) is 2.66. The summed E-state index contributed by atoms with van der Waals surface area (Å²) in [5.41, 5.74) is 6.75. The van der Waals surface area contributed by atoms with E-state index < -0.39 is 0 Å². The van der Waals surface area contributed by atoms with E-state index in [0.29, 0.717) is 30.8 Å². The van der Waals surface area contributed by atoms with Gasteiger partial charge >= 0.3 is 0 Å². The van der Waals surface area contributed by atoms with Crippen molar-refractivity contribution >= 4 is 11.6 Å². The first kappa shape index (κ1) is 14.7. The monoisotopic (exact) mass is 286 g/mol. The Balaban J connectivity index is 2.27. The van der Waals surface area contributed by atoms with Gasteiger partial charge in [-0.15, -0.1) is 0 Å². The van der Waals surface area contributed by atoms with Crippen molar-refractivity contribution in [3.8, 4) is 0 Å². The highest BCUT2D eigenvalue weighted by Gasteiger charge is 2.28. The van der Waals surface area contributed by atoms with Crippen LogP contribution in [0.3, 0.4) is 0 Å². The van der Waals surface area contributed by atoms with Crippen LogP contribution in [-0.4, -0.2) is 37.2 Å². The van der Waals surface area contributed by atoms with E-state index in [1.54, 1.807) is 6.07 Å². The van der Waals surface area contributed by atoms with Crippen LogP contribution in [0.2, 0.25) is 5.02 Å². The van der Waals surface area contributed by atoms with Crippen molar-refractivity contribution in [1.82, 2.24) is 4.90 Å². The number of rotatable bonds is 4. The van der Waals surface area contributed by atoms with Gasteiger partial charge in [-0.1, -0.05) is 18.5 Å². The summed E-state index contributed by atoms with van der Waals surface area (Å²) in [7, 11) is 0. The minimum atomic E-state index is -0.317. The van der Waals surface area contributed by atoms with Crippen LogP contribution in [0.25, 0.3) is 0 Å². The second kappa shape index (κ2) is 6.66. The fourth-order valence-corrected chi connectivity index (χ4v) is 2.89. The molecule has 0 aromatic heterocycles. The van der Waals surface area contributed by atoms with E-state index in [-0.39, 0.29) is 11.9 Å². The lowest BCUT2D eigenvalue weighted by Crippen LogP contribution is -2.48. The molecule has 106 valence electrons. The normalized spacial score (nSPS) is 22.4. The Morgan fingerprint density at radius 1 is 1.53 bits per heavy atom. The molecule has 0 saturated carbocycles.